The summed E-state index contributed by atoms with van der Waals surface area (Å²) in [7, 11) is 0. The quantitative estimate of drug-likeness (QED) is 0.784. The summed E-state index contributed by atoms with van der Waals surface area (Å²) < 4.78 is 12.9. The van der Waals surface area contributed by atoms with Crippen molar-refractivity contribution in [1.82, 2.24) is 10.2 Å². The van der Waals surface area contributed by atoms with Crippen LogP contribution in [0.15, 0.2) is 24.3 Å². The Morgan fingerprint density at radius 2 is 1.95 bits per heavy atom. The van der Waals surface area contributed by atoms with E-state index in [2.05, 4.69) is 5.32 Å². The first-order chi connectivity index (χ1) is 9.34. The van der Waals surface area contributed by atoms with Gasteiger partial charge in [-0.3, -0.25) is 14.5 Å². The highest BCUT2D eigenvalue weighted by atomic mass is 19.1. The van der Waals surface area contributed by atoms with Crippen LogP contribution in [0.5, 0.6) is 0 Å². The predicted molar refractivity (Wildman–Crippen MR) is 67.8 cm³/mol. The van der Waals surface area contributed by atoms with E-state index in [4.69, 9.17) is 5.73 Å². The molecule has 1 aromatic carbocycles. The Morgan fingerprint density at radius 3 is 2.50 bits per heavy atom. The molecule has 0 spiro atoms. The normalized spacial score (nSPS) is 22.0. The minimum absolute atomic E-state index is 0.0726. The number of rotatable bonds is 4. The van der Waals surface area contributed by atoms with Crippen molar-refractivity contribution in [2.75, 3.05) is 6.54 Å². The zero-order valence-corrected chi connectivity index (χ0v) is 10.9. The molecule has 106 valence electrons. The summed E-state index contributed by atoms with van der Waals surface area (Å²) in [5.41, 5.74) is 4.22. The zero-order chi connectivity index (χ0) is 14.9. The van der Waals surface area contributed by atoms with Crippen LogP contribution in [0.2, 0.25) is 0 Å². The van der Waals surface area contributed by atoms with Crippen LogP contribution in [0.4, 0.5) is 9.18 Å². The van der Waals surface area contributed by atoms with E-state index < -0.39 is 29.2 Å². The lowest BCUT2D eigenvalue weighted by atomic mass is 9.92. The van der Waals surface area contributed by atoms with Crippen molar-refractivity contribution >= 4 is 17.8 Å². The number of carbonyl (C=O) groups is 3. The monoisotopic (exact) mass is 279 g/mol. The summed E-state index contributed by atoms with van der Waals surface area (Å²) in [6.07, 6.45) is -0.0986. The Balaban J connectivity index is 2.25. The van der Waals surface area contributed by atoms with Crippen molar-refractivity contribution in [1.29, 1.82) is 0 Å². The fourth-order valence-electron chi connectivity index (χ4n) is 2.10. The molecule has 1 unspecified atom stereocenters. The minimum atomic E-state index is -1.26. The lowest BCUT2D eigenvalue weighted by Gasteiger charge is -2.22. The minimum Gasteiger partial charge on any atom is -0.370 e. The maximum Gasteiger partial charge on any atom is 0.325 e. The molecule has 1 saturated heterocycles. The SMILES string of the molecule is CC1(c2ccc(F)cc2)NC(=O)N(CCC(N)=O)C1=O. The molecule has 0 saturated carbocycles. The summed E-state index contributed by atoms with van der Waals surface area (Å²) in [6, 6.07) is 4.71. The molecule has 7 heteroatoms. The third-order valence-corrected chi connectivity index (χ3v) is 3.28. The largest absolute Gasteiger partial charge is 0.370 e. The van der Waals surface area contributed by atoms with Crippen LogP contribution in [-0.4, -0.2) is 29.3 Å². The third-order valence-electron chi connectivity index (χ3n) is 3.28. The van der Waals surface area contributed by atoms with Gasteiger partial charge in [0.2, 0.25) is 5.91 Å². The number of amides is 4. The fourth-order valence-corrected chi connectivity index (χ4v) is 2.10. The van der Waals surface area contributed by atoms with Crippen LogP contribution in [0.3, 0.4) is 0 Å². The van der Waals surface area contributed by atoms with Gasteiger partial charge >= 0.3 is 6.03 Å². The van der Waals surface area contributed by atoms with Crippen LogP contribution < -0.4 is 11.1 Å². The smallest absolute Gasteiger partial charge is 0.325 e. The number of hydrogen-bond donors (Lipinski definition) is 2. The van der Waals surface area contributed by atoms with E-state index in [0.29, 0.717) is 5.56 Å². The second kappa shape index (κ2) is 4.92. The first-order valence-corrected chi connectivity index (χ1v) is 6.03. The molecule has 1 aliphatic rings. The molecule has 6 nitrogen and oxygen atoms in total. The summed E-state index contributed by atoms with van der Waals surface area (Å²) >= 11 is 0. The Morgan fingerprint density at radius 1 is 1.35 bits per heavy atom. The van der Waals surface area contributed by atoms with Gasteiger partial charge in [-0.15, -0.1) is 0 Å². The van der Waals surface area contributed by atoms with Gasteiger partial charge < -0.3 is 11.1 Å². The topological polar surface area (TPSA) is 92.5 Å². The molecule has 20 heavy (non-hydrogen) atoms. The van der Waals surface area contributed by atoms with Gasteiger partial charge in [0, 0.05) is 13.0 Å². The highest BCUT2D eigenvalue weighted by molar-refractivity contribution is 6.07. The summed E-state index contributed by atoms with van der Waals surface area (Å²) in [6.45, 7) is 1.46. The van der Waals surface area contributed by atoms with Gasteiger partial charge in [0.05, 0.1) is 0 Å². The molecule has 0 aliphatic carbocycles. The standard InChI is InChI=1S/C13H14FN3O3/c1-13(8-2-4-9(14)5-3-8)11(19)17(12(20)16-13)7-6-10(15)18/h2-5H,6-7H2,1H3,(H2,15,18)(H,16,20). The molecule has 1 aliphatic heterocycles. The molecule has 0 aromatic heterocycles. The van der Waals surface area contributed by atoms with Crippen LogP contribution in [0, 0.1) is 5.82 Å². The molecular formula is C13H14FN3O3. The van der Waals surface area contributed by atoms with E-state index in [9.17, 15) is 18.8 Å². The highest BCUT2D eigenvalue weighted by Gasteiger charge is 2.48. The van der Waals surface area contributed by atoms with Crippen LogP contribution in [-0.2, 0) is 15.1 Å². The van der Waals surface area contributed by atoms with Gasteiger partial charge in [-0.1, -0.05) is 12.1 Å². The lowest BCUT2D eigenvalue weighted by molar-refractivity contribution is -0.131. The lowest BCUT2D eigenvalue weighted by Crippen LogP contribution is -2.41. The number of urea groups is 1. The number of imide groups is 1. The molecule has 4 amide bonds. The van der Waals surface area contributed by atoms with Crippen LogP contribution >= 0.6 is 0 Å². The van der Waals surface area contributed by atoms with Gasteiger partial charge in [-0.05, 0) is 24.6 Å². The zero-order valence-electron chi connectivity index (χ0n) is 10.9. The van der Waals surface area contributed by atoms with Crippen molar-refractivity contribution in [2.24, 2.45) is 5.73 Å². The summed E-state index contributed by atoms with van der Waals surface area (Å²) in [5.74, 6) is -1.52. The molecule has 0 radical (unpaired) electrons. The van der Waals surface area contributed by atoms with Crippen molar-refractivity contribution in [2.45, 2.75) is 18.9 Å². The number of nitrogens with one attached hydrogen (secondary N) is 1. The average molecular weight is 279 g/mol. The average Bonchev–Trinajstić information content (AvgIpc) is 2.59. The first kappa shape index (κ1) is 14.0. The molecule has 1 atom stereocenters. The van der Waals surface area contributed by atoms with Gasteiger partial charge in [0.25, 0.3) is 5.91 Å². The predicted octanol–water partition coefficient (Wildman–Crippen LogP) is 0.468. The van der Waals surface area contributed by atoms with Crippen molar-refractivity contribution in [3.63, 3.8) is 0 Å². The van der Waals surface area contributed by atoms with E-state index in [0.717, 1.165) is 4.90 Å². The fraction of sp³-hybridized carbons (Fsp3) is 0.308. The number of nitrogens with zero attached hydrogens (tertiary/aromatic N) is 1. The number of benzene rings is 1. The Hall–Kier alpha value is -2.44. The van der Waals surface area contributed by atoms with E-state index in [1.807, 2.05) is 0 Å². The Bertz CT molecular complexity index is 573. The van der Waals surface area contributed by atoms with Gasteiger partial charge in [-0.25, -0.2) is 9.18 Å². The van der Waals surface area contributed by atoms with Crippen LogP contribution in [0.25, 0.3) is 0 Å². The maximum atomic E-state index is 12.9. The summed E-state index contributed by atoms with van der Waals surface area (Å²) in [4.78, 5) is 35.8. The second-order valence-corrected chi connectivity index (χ2v) is 4.74. The van der Waals surface area contributed by atoms with Gasteiger partial charge in [0.1, 0.15) is 11.4 Å². The Kier molecular flexibility index (Phi) is 3.44. The van der Waals surface area contributed by atoms with Crippen molar-refractivity contribution in [3.05, 3.63) is 35.6 Å². The van der Waals surface area contributed by atoms with E-state index in [1.54, 1.807) is 0 Å². The second-order valence-electron chi connectivity index (χ2n) is 4.74. The molecule has 1 fully saturated rings. The highest BCUT2D eigenvalue weighted by Crippen LogP contribution is 2.28. The number of primary amides is 1. The number of carbonyl (C=O) groups excluding carboxylic acids is 3. The molecule has 2 rings (SSSR count). The third kappa shape index (κ3) is 2.34. The first-order valence-electron chi connectivity index (χ1n) is 6.03. The molecule has 3 N–H and O–H groups in total. The van der Waals surface area contributed by atoms with Crippen LogP contribution in [0.1, 0.15) is 18.9 Å². The Labute approximate surface area is 114 Å². The number of hydrogen-bond acceptors (Lipinski definition) is 3. The van der Waals surface area contributed by atoms with Crippen molar-refractivity contribution < 1.29 is 18.8 Å². The molecule has 1 heterocycles. The number of halogens is 1. The van der Waals surface area contributed by atoms with E-state index in [1.165, 1.54) is 31.2 Å². The van der Waals surface area contributed by atoms with E-state index >= 15 is 0 Å². The number of nitrogens with two attached hydrogens (primary N) is 1. The maximum absolute atomic E-state index is 12.9. The van der Waals surface area contributed by atoms with Gasteiger partial charge in [-0.2, -0.15) is 0 Å². The summed E-state index contributed by atoms with van der Waals surface area (Å²) in [5, 5.41) is 2.55. The van der Waals surface area contributed by atoms with Gasteiger partial charge in [0.15, 0.2) is 0 Å². The molecular weight excluding hydrogens is 265 g/mol. The molecule has 1 aromatic rings. The van der Waals surface area contributed by atoms with Crippen molar-refractivity contribution in [3.8, 4) is 0 Å². The molecule has 0 bridgehead atoms. The van der Waals surface area contributed by atoms with E-state index in [-0.39, 0.29) is 13.0 Å².